The Balaban J connectivity index is 1.84. The van der Waals surface area contributed by atoms with Crippen molar-refractivity contribution in [2.75, 3.05) is 13.6 Å². The lowest BCUT2D eigenvalue weighted by molar-refractivity contribution is 0.281. The predicted octanol–water partition coefficient (Wildman–Crippen LogP) is 3.87. The normalized spacial score (nSPS) is 12.8. The van der Waals surface area contributed by atoms with Crippen molar-refractivity contribution < 1.29 is 4.42 Å². The molecular weight excluding hydrogens is 316 g/mol. The Bertz CT molecular complexity index is 553. The highest BCUT2D eigenvalue weighted by molar-refractivity contribution is 9.10. The number of furan rings is 1. The Morgan fingerprint density at radius 2 is 2.00 bits per heavy atom. The molecule has 1 unspecified atom stereocenters. The van der Waals surface area contributed by atoms with E-state index in [4.69, 9.17) is 10.2 Å². The molecule has 2 rings (SSSR count). The van der Waals surface area contributed by atoms with Crippen LogP contribution in [0.15, 0.2) is 45.3 Å². The third kappa shape index (κ3) is 4.20. The van der Waals surface area contributed by atoms with E-state index in [-0.39, 0.29) is 6.04 Å². The molecule has 0 aliphatic heterocycles. The van der Waals surface area contributed by atoms with E-state index in [9.17, 15) is 0 Å². The summed E-state index contributed by atoms with van der Waals surface area (Å²) in [4.78, 5) is 2.23. The zero-order chi connectivity index (χ0) is 14.5. The molecule has 0 bridgehead atoms. The summed E-state index contributed by atoms with van der Waals surface area (Å²) in [6, 6.07) is 12.2. The van der Waals surface area contributed by atoms with Crippen LogP contribution in [-0.2, 0) is 6.54 Å². The Hall–Kier alpha value is -1.10. The second kappa shape index (κ2) is 7.07. The monoisotopic (exact) mass is 336 g/mol. The Kier molecular flexibility index (Phi) is 5.40. The van der Waals surface area contributed by atoms with Crippen LogP contribution in [-0.4, -0.2) is 18.5 Å². The van der Waals surface area contributed by atoms with Crippen molar-refractivity contribution in [3.05, 3.63) is 58.0 Å². The summed E-state index contributed by atoms with van der Waals surface area (Å²) >= 11 is 3.55. The molecule has 20 heavy (non-hydrogen) atoms. The number of rotatable bonds is 6. The summed E-state index contributed by atoms with van der Waals surface area (Å²) in [5, 5.41) is 0. The quantitative estimate of drug-likeness (QED) is 0.870. The summed E-state index contributed by atoms with van der Waals surface area (Å²) < 4.78 is 6.66. The van der Waals surface area contributed by atoms with Crippen LogP contribution >= 0.6 is 15.9 Å². The van der Waals surface area contributed by atoms with Gasteiger partial charge in [0.25, 0.3) is 0 Å². The van der Waals surface area contributed by atoms with Gasteiger partial charge in [0.1, 0.15) is 11.5 Å². The van der Waals surface area contributed by atoms with E-state index >= 15 is 0 Å². The van der Waals surface area contributed by atoms with Crippen LogP contribution in [0.4, 0.5) is 0 Å². The maximum absolute atomic E-state index is 6.26. The van der Waals surface area contributed by atoms with Gasteiger partial charge in [-0.1, -0.05) is 34.1 Å². The first kappa shape index (κ1) is 15.3. The number of halogens is 1. The molecule has 1 aromatic heterocycles. The van der Waals surface area contributed by atoms with Gasteiger partial charge in [-0.2, -0.15) is 0 Å². The molecule has 0 radical (unpaired) electrons. The minimum atomic E-state index is 0.0476. The summed E-state index contributed by atoms with van der Waals surface area (Å²) in [6.07, 6.45) is 0.915. The Morgan fingerprint density at radius 1 is 1.25 bits per heavy atom. The molecular formula is C16H21BrN2O. The number of aryl methyl sites for hydroxylation is 1. The second-order valence-corrected chi connectivity index (χ2v) is 6.02. The molecule has 0 saturated heterocycles. The number of benzene rings is 1. The molecule has 2 N–H and O–H groups in total. The highest BCUT2D eigenvalue weighted by Crippen LogP contribution is 2.23. The van der Waals surface area contributed by atoms with E-state index in [1.807, 2.05) is 37.3 Å². The maximum atomic E-state index is 6.26. The minimum Gasteiger partial charge on any atom is -0.465 e. The van der Waals surface area contributed by atoms with E-state index in [1.165, 1.54) is 0 Å². The standard InChI is InChI=1S/C16H21BrN2O/c1-12-7-8-13(20-12)11-19(2)10-9-16(18)14-5-3-4-6-15(14)17/h3-8,16H,9-11,18H2,1-2H3. The average molecular weight is 337 g/mol. The van der Waals surface area contributed by atoms with Gasteiger partial charge in [0.15, 0.2) is 0 Å². The molecule has 1 atom stereocenters. The lowest BCUT2D eigenvalue weighted by Crippen LogP contribution is -2.23. The van der Waals surface area contributed by atoms with E-state index in [0.29, 0.717) is 0 Å². The molecule has 0 aliphatic rings. The number of nitrogens with zero attached hydrogens (tertiary/aromatic N) is 1. The van der Waals surface area contributed by atoms with Crippen LogP contribution in [0.3, 0.4) is 0 Å². The van der Waals surface area contributed by atoms with Gasteiger partial charge < -0.3 is 10.2 Å². The van der Waals surface area contributed by atoms with Gasteiger partial charge in [-0.3, -0.25) is 4.90 Å². The molecule has 0 amide bonds. The topological polar surface area (TPSA) is 42.4 Å². The van der Waals surface area contributed by atoms with Crippen LogP contribution in [0.2, 0.25) is 0 Å². The van der Waals surface area contributed by atoms with Gasteiger partial charge in [-0.25, -0.2) is 0 Å². The fraction of sp³-hybridized carbons (Fsp3) is 0.375. The van der Waals surface area contributed by atoms with Crippen LogP contribution in [0, 0.1) is 6.92 Å². The minimum absolute atomic E-state index is 0.0476. The van der Waals surface area contributed by atoms with Crippen LogP contribution in [0.5, 0.6) is 0 Å². The van der Waals surface area contributed by atoms with Gasteiger partial charge in [0, 0.05) is 17.1 Å². The number of nitrogens with two attached hydrogens (primary N) is 1. The van der Waals surface area contributed by atoms with Gasteiger partial charge in [0.05, 0.1) is 6.54 Å². The third-order valence-electron chi connectivity index (χ3n) is 3.35. The summed E-state index contributed by atoms with van der Waals surface area (Å²) in [5.41, 5.74) is 7.42. The SMILES string of the molecule is Cc1ccc(CN(C)CCC(N)c2ccccc2Br)o1. The molecule has 0 fully saturated rings. The molecule has 3 nitrogen and oxygen atoms in total. The first-order valence-corrected chi connectivity index (χ1v) is 7.59. The van der Waals surface area contributed by atoms with E-state index in [2.05, 4.69) is 33.9 Å². The molecule has 1 heterocycles. The first-order valence-electron chi connectivity index (χ1n) is 6.80. The smallest absolute Gasteiger partial charge is 0.118 e. The van der Waals surface area contributed by atoms with Crippen molar-refractivity contribution in [2.24, 2.45) is 5.73 Å². The Morgan fingerprint density at radius 3 is 2.65 bits per heavy atom. The van der Waals surface area contributed by atoms with Crippen LogP contribution in [0.1, 0.15) is 29.5 Å². The van der Waals surface area contributed by atoms with Crippen molar-refractivity contribution in [2.45, 2.75) is 25.9 Å². The molecule has 0 aliphatic carbocycles. The van der Waals surface area contributed by atoms with Crippen LogP contribution < -0.4 is 5.73 Å². The molecule has 0 spiro atoms. The summed E-state index contributed by atoms with van der Waals surface area (Å²) in [5.74, 6) is 1.96. The lowest BCUT2D eigenvalue weighted by atomic mass is 10.0. The fourth-order valence-electron chi connectivity index (χ4n) is 2.21. The highest BCUT2D eigenvalue weighted by atomic mass is 79.9. The second-order valence-electron chi connectivity index (χ2n) is 5.17. The first-order chi connectivity index (χ1) is 9.56. The molecule has 4 heteroatoms. The van der Waals surface area contributed by atoms with Crippen molar-refractivity contribution in [1.82, 2.24) is 4.90 Å². The molecule has 108 valence electrons. The fourth-order valence-corrected chi connectivity index (χ4v) is 2.78. The van der Waals surface area contributed by atoms with Gasteiger partial charge in [-0.15, -0.1) is 0 Å². The van der Waals surface area contributed by atoms with Crippen molar-refractivity contribution in [3.63, 3.8) is 0 Å². The van der Waals surface area contributed by atoms with Crippen molar-refractivity contribution in [3.8, 4) is 0 Å². The maximum Gasteiger partial charge on any atom is 0.118 e. The zero-order valence-corrected chi connectivity index (χ0v) is 13.6. The average Bonchev–Trinajstić information content (AvgIpc) is 2.82. The third-order valence-corrected chi connectivity index (χ3v) is 4.07. The Labute approximate surface area is 128 Å². The lowest BCUT2D eigenvalue weighted by Gasteiger charge is -2.19. The zero-order valence-electron chi connectivity index (χ0n) is 12.0. The van der Waals surface area contributed by atoms with Gasteiger partial charge in [-0.05, 0) is 44.2 Å². The summed E-state index contributed by atoms with van der Waals surface area (Å²) in [7, 11) is 2.09. The van der Waals surface area contributed by atoms with Crippen molar-refractivity contribution in [1.29, 1.82) is 0 Å². The largest absolute Gasteiger partial charge is 0.465 e. The predicted molar refractivity (Wildman–Crippen MR) is 85.5 cm³/mol. The highest BCUT2D eigenvalue weighted by Gasteiger charge is 2.11. The van der Waals surface area contributed by atoms with Gasteiger partial charge >= 0.3 is 0 Å². The van der Waals surface area contributed by atoms with E-state index in [0.717, 1.165) is 41.1 Å². The number of hydrogen-bond donors (Lipinski definition) is 1. The van der Waals surface area contributed by atoms with E-state index in [1.54, 1.807) is 0 Å². The van der Waals surface area contributed by atoms with E-state index < -0.39 is 0 Å². The molecule has 2 aromatic rings. The number of hydrogen-bond acceptors (Lipinski definition) is 3. The van der Waals surface area contributed by atoms with Crippen molar-refractivity contribution >= 4 is 15.9 Å². The van der Waals surface area contributed by atoms with Crippen LogP contribution in [0.25, 0.3) is 0 Å². The molecule has 1 aromatic carbocycles. The van der Waals surface area contributed by atoms with Gasteiger partial charge in [0.2, 0.25) is 0 Å². The molecule has 0 saturated carbocycles. The summed E-state index contributed by atoms with van der Waals surface area (Å²) in [6.45, 7) is 3.71.